The summed E-state index contributed by atoms with van der Waals surface area (Å²) < 4.78 is 38.1. The van der Waals surface area contributed by atoms with Gasteiger partial charge < -0.3 is 5.32 Å². The minimum Gasteiger partial charge on any atom is -0.351 e. The fourth-order valence-electron chi connectivity index (χ4n) is 1.80. The first-order valence-electron chi connectivity index (χ1n) is 6.08. The van der Waals surface area contributed by atoms with Crippen LogP contribution in [0.2, 0.25) is 0 Å². The third-order valence-corrected chi connectivity index (χ3v) is 4.33. The molecule has 2 rings (SSSR count). The minimum absolute atomic E-state index is 0.0276. The number of alkyl halides is 4. The third-order valence-electron chi connectivity index (χ3n) is 3.13. The molecule has 0 saturated heterocycles. The van der Waals surface area contributed by atoms with E-state index in [2.05, 4.69) is 21.2 Å². The van der Waals surface area contributed by atoms with Crippen molar-refractivity contribution in [1.82, 2.24) is 5.32 Å². The Balaban J connectivity index is 2.06. The van der Waals surface area contributed by atoms with Gasteiger partial charge >= 0.3 is 6.18 Å². The molecule has 0 spiro atoms. The van der Waals surface area contributed by atoms with Crippen LogP contribution in [0.1, 0.15) is 28.8 Å². The van der Waals surface area contributed by atoms with Gasteiger partial charge in [0.05, 0.1) is 10.9 Å². The summed E-state index contributed by atoms with van der Waals surface area (Å²) in [6.45, 7) is 0.266. The van der Waals surface area contributed by atoms with E-state index in [9.17, 15) is 18.0 Å². The number of benzene rings is 1. The topological polar surface area (TPSA) is 29.1 Å². The molecule has 1 aromatic carbocycles. The standard InChI is InChI=1S/C13H12BrClF3NO/c14-10-4-3-8(5-9(10)13(16,17)18)12(20)19-6-11(15)7-1-2-7/h3-5,7,11H,1-2,6H2,(H,19,20). The molecule has 1 fully saturated rings. The van der Waals surface area contributed by atoms with Gasteiger partial charge in [0.2, 0.25) is 0 Å². The molecule has 2 nitrogen and oxygen atoms in total. The first-order chi connectivity index (χ1) is 9.29. The monoisotopic (exact) mass is 369 g/mol. The molecule has 1 amide bonds. The molecule has 0 radical (unpaired) electrons. The summed E-state index contributed by atoms with van der Waals surface area (Å²) in [4.78, 5) is 11.8. The summed E-state index contributed by atoms with van der Waals surface area (Å²) in [5.74, 6) is -0.137. The molecule has 20 heavy (non-hydrogen) atoms. The van der Waals surface area contributed by atoms with Crippen LogP contribution in [0, 0.1) is 5.92 Å². The molecule has 0 heterocycles. The van der Waals surface area contributed by atoms with Crippen molar-refractivity contribution < 1.29 is 18.0 Å². The van der Waals surface area contributed by atoms with E-state index in [1.54, 1.807) is 0 Å². The predicted molar refractivity (Wildman–Crippen MR) is 73.8 cm³/mol. The second-order valence-electron chi connectivity index (χ2n) is 4.76. The Morgan fingerprint density at radius 3 is 2.65 bits per heavy atom. The number of halogens is 5. The average Bonchev–Trinajstić information content (AvgIpc) is 3.18. The highest BCUT2D eigenvalue weighted by Crippen LogP contribution is 2.36. The van der Waals surface area contributed by atoms with Gasteiger partial charge in [-0.3, -0.25) is 4.79 Å². The van der Waals surface area contributed by atoms with E-state index in [-0.39, 0.29) is 22.0 Å². The highest BCUT2D eigenvalue weighted by atomic mass is 79.9. The van der Waals surface area contributed by atoms with Crippen molar-refractivity contribution in [3.8, 4) is 0 Å². The van der Waals surface area contributed by atoms with E-state index in [1.807, 2.05) is 0 Å². The van der Waals surface area contributed by atoms with Gasteiger partial charge in [-0.15, -0.1) is 11.6 Å². The minimum atomic E-state index is -4.50. The highest BCUT2D eigenvalue weighted by molar-refractivity contribution is 9.10. The number of rotatable bonds is 4. The molecular weight excluding hydrogens is 358 g/mol. The van der Waals surface area contributed by atoms with E-state index < -0.39 is 17.6 Å². The Morgan fingerprint density at radius 2 is 2.10 bits per heavy atom. The molecular formula is C13H12BrClF3NO. The largest absolute Gasteiger partial charge is 0.417 e. The lowest BCUT2D eigenvalue weighted by Crippen LogP contribution is -2.30. The van der Waals surface area contributed by atoms with Gasteiger partial charge in [0, 0.05) is 16.6 Å². The van der Waals surface area contributed by atoms with E-state index in [4.69, 9.17) is 11.6 Å². The molecule has 1 aromatic rings. The normalized spacial score (nSPS) is 16.9. The Morgan fingerprint density at radius 1 is 1.45 bits per heavy atom. The van der Waals surface area contributed by atoms with E-state index >= 15 is 0 Å². The summed E-state index contributed by atoms with van der Waals surface area (Å²) in [5, 5.41) is 2.41. The van der Waals surface area contributed by atoms with Crippen molar-refractivity contribution in [2.45, 2.75) is 24.4 Å². The van der Waals surface area contributed by atoms with Crippen molar-refractivity contribution in [2.24, 2.45) is 5.92 Å². The van der Waals surface area contributed by atoms with Gasteiger partial charge in [0.15, 0.2) is 0 Å². The molecule has 1 atom stereocenters. The molecule has 1 unspecified atom stereocenters. The van der Waals surface area contributed by atoms with Crippen molar-refractivity contribution in [3.05, 3.63) is 33.8 Å². The lowest BCUT2D eigenvalue weighted by atomic mass is 10.1. The number of hydrogen-bond donors (Lipinski definition) is 1. The van der Waals surface area contributed by atoms with Crippen LogP contribution in [-0.4, -0.2) is 17.8 Å². The van der Waals surface area contributed by atoms with Gasteiger partial charge in [-0.1, -0.05) is 15.9 Å². The molecule has 1 aliphatic carbocycles. The second kappa shape index (κ2) is 5.93. The summed E-state index contributed by atoms with van der Waals surface area (Å²) in [6.07, 6.45) is -2.42. The maximum Gasteiger partial charge on any atom is 0.417 e. The summed E-state index contributed by atoms with van der Waals surface area (Å²) in [6, 6.07) is 3.39. The van der Waals surface area contributed by atoms with Gasteiger partial charge in [-0.25, -0.2) is 0 Å². The second-order valence-corrected chi connectivity index (χ2v) is 6.17. The van der Waals surface area contributed by atoms with Crippen molar-refractivity contribution in [3.63, 3.8) is 0 Å². The number of carbonyl (C=O) groups excluding carboxylic acids is 1. The number of hydrogen-bond acceptors (Lipinski definition) is 1. The predicted octanol–water partition coefficient (Wildman–Crippen LogP) is 4.22. The molecule has 1 N–H and O–H groups in total. The molecule has 110 valence electrons. The number of nitrogens with one attached hydrogen (secondary N) is 1. The Bertz CT molecular complexity index is 517. The van der Waals surface area contributed by atoms with Crippen LogP contribution >= 0.6 is 27.5 Å². The summed E-state index contributed by atoms with van der Waals surface area (Å²) >= 11 is 8.87. The fourth-order valence-corrected chi connectivity index (χ4v) is 2.60. The molecule has 0 bridgehead atoms. The van der Waals surface area contributed by atoms with Crippen LogP contribution in [-0.2, 0) is 6.18 Å². The van der Waals surface area contributed by atoms with Crippen molar-refractivity contribution in [2.75, 3.05) is 6.54 Å². The van der Waals surface area contributed by atoms with Crippen LogP contribution in [0.25, 0.3) is 0 Å². The Kier molecular flexibility index (Phi) is 4.64. The van der Waals surface area contributed by atoms with E-state index in [1.165, 1.54) is 12.1 Å². The zero-order valence-electron chi connectivity index (χ0n) is 10.3. The Labute approximate surface area is 127 Å². The first-order valence-corrected chi connectivity index (χ1v) is 7.31. The zero-order valence-corrected chi connectivity index (χ0v) is 12.6. The van der Waals surface area contributed by atoms with E-state index in [0.29, 0.717) is 5.92 Å². The van der Waals surface area contributed by atoms with Crippen LogP contribution < -0.4 is 5.32 Å². The maximum absolute atomic E-state index is 12.7. The van der Waals surface area contributed by atoms with Gasteiger partial charge in [0.1, 0.15) is 0 Å². The van der Waals surface area contributed by atoms with Gasteiger partial charge in [-0.05, 0) is 37.0 Å². The SMILES string of the molecule is O=C(NCC(Cl)C1CC1)c1ccc(Br)c(C(F)(F)F)c1. The third kappa shape index (κ3) is 3.88. The number of carbonyl (C=O) groups is 1. The van der Waals surface area contributed by atoms with Crippen LogP contribution in [0.5, 0.6) is 0 Å². The lowest BCUT2D eigenvalue weighted by molar-refractivity contribution is -0.138. The van der Waals surface area contributed by atoms with Gasteiger partial charge in [0.25, 0.3) is 5.91 Å². The molecule has 0 aliphatic heterocycles. The van der Waals surface area contributed by atoms with Crippen LogP contribution in [0.4, 0.5) is 13.2 Å². The number of amides is 1. The summed E-state index contributed by atoms with van der Waals surface area (Å²) in [5.41, 5.74) is -0.894. The quantitative estimate of drug-likeness (QED) is 0.790. The Hall–Kier alpha value is -0.750. The molecule has 1 saturated carbocycles. The fraction of sp³-hybridized carbons (Fsp3) is 0.462. The first kappa shape index (κ1) is 15.6. The van der Waals surface area contributed by atoms with Crippen LogP contribution in [0.3, 0.4) is 0 Å². The van der Waals surface area contributed by atoms with Crippen molar-refractivity contribution in [1.29, 1.82) is 0 Å². The van der Waals surface area contributed by atoms with Gasteiger partial charge in [-0.2, -0.15) is 13.2 Å². The smallest absolute Gasteiger partial charge is 0.351 e. The lowest BCUT2D eigenvalue weighted by Gasteiger charge is -2.12. The molecule has 1 aliphatic rings. The van der Waals surface area contributed by atoms with E-state index in [0.717, 1.165) is 18.9 Å². The zero-order chi connectivity index (χ0) is 14.9. The highest BCUT2D eigenvalue weighted by Gasteiger charge is 2.34. The average molecular weight is 371 g/mol. The molecule has 0 aromatic heterocycles. The van der Waals surface area contributed by atoms with Crippen molar-refractivity contribution >= 4 is 33.4 Å². The molecule has 7 heteroatoms. The maximum atomic E-state index is 12.7. The summed E-state index contributed by atoms with van der Waals surface area (Å²) in [7, 11) is 0. The van der Waals surface area contributed by atoms with Crippen LogP contribution in [0.15, 0.2) is 22.7 Å².